The van der Waals surface area contributed by atoms with E-state index in [4.69, 9.17) is 0 Å². The number of hydrogen-bond acceptors (Lipinski definition) is 3. The zero-order chi connectivity index (χ0) is 12.6. The first kappa shape index (κ1) is 12.7. The topological polar surface area (TPSA) is 66.5 Å². The number of carbonyl (C=O) groups is 1. The maximum absolute atomic E-state index is 11.9. The quantitative estimate of drug-likeness (QED) is 0.814. The van der Waals surface area contributed by atoms with Gasteiger partial charge in [-0.1, -0.05) is 0 Å². The SMILES string of the molecule is CN(C(=O)NC1CC1)[C@@H]1CCC[C@H]1S(C)(=O)=O. The minimum Gasteiger partial charge on any atom is -0.335 e. The number of hydrogen-bond donors (Lipinski definition) is 1. The Labute approximate surface area is 102 Å². The standard InChI is InChI=1S/C11H20N2O3S/c1-13(11(14)12-8-6-7-8)9-4-3-5-10(9)17(2,15)16/h8-10H,3-7H2,1-2H3,(H,12,14)/t9-,10-/m1/s1. The molecule has 0 unspecified atom stereocenters. The summed E-state index contributed by atoms with van der Waals surface area (Å²) in [6.45, 7) is 0. The van der Waals surface area contributed by atoms with Crippen LogP contribution in [0.25, 0.3) is 0 Å². The van der Waals surface area contributed by atoms with Crippen molar-refractivity contribution in [2.45, 2.75) is 49.4 Å². The fourth-order valence-electron chi connectivity index (χ4n) is 2.50. The second kappa shape index (κ2) is 4.48. The van der Waals surface area contributed by atoms with Crippen LogP contribution in [0, 0.1) is 0 Å². The normalized spacial score (nSPS) is 29.1. The monoisotopic (exact) mass is 260 g/mol. The molecule has 0 aromatic carbocycles. The molecule has 2 amide bonds. The van der Waals surface area contributed by atoms with Gasteiger partial charge in [0.2, 0.25) is 0 Å². The van der Waals surface area contributed by atoms with Gasteiger partial charge in [-0.05, 0) is 32.1 Å². The number of nitrogens with zero attached hydrogens (tertiary/aromatic N) is 1. The highest BCUT2D eigenvalue weighted by Gasteiger charge is 2.39. The fourth-order valence-corrected chi connectivity index (χ4v) is 3.99. The molecule has 6 heteroatoms. The van der Waals surface area contributed by atoms with E-state index in [1.54, 1.807) is 11.9 Å². The van der Waals surface area contributed by atoms with Crippen LogP contribution in [0.4, 0.5) is 4.79 Å². The molecule has 0 aromatic heterocycles. The van der Waals surface area contributed by atoms with Gasteiger partial charge in [-0.3, -0.25) is 0 Å². The van der Waals surface area contributed by atoms with Gasteiger partial charge in [0.05, 0.1) is 5.25 Å². The average Bonchev–Trinajstić information content (AvgIpc) is 2.89. The summed E-state index contributed by atoms with van der Waals surface area (Å²) in [4.78, 5) is 13.5. The van der Waals surface area contributed by atoms with Crippen molar-refractivity contribution in [1.29, 1.82) is 0 Å². The van der Waals surface area contributed by atoms with Crippen molar-refractivity contribution in [1.82, 2.24) is 10.2 Å². The Hall–Kier alpha value is -0.780. The van der Waals surface area contributed by atoms with Gasteiger partial charge in [-0.25, -0.2) is 13.2 Å². The summed E-state index contributed by atoms with van der Waals surface area (Å²) in [5.41, 5.74) is 0. The Kier molecular flexibility index (Phi) is 3.34. The summed E-state index contributed by atoms with van der Waals surface area (Å²) in [7, 11) is -1.36. The molecule has 2 rings (SSSR count). The van der Waals surface area contributed by atoms with Crippen molar-refractivity contribution in [2.75, 3.05) is 13.3 Å². The fraction of sp³-hybridized carbons (Fsp3) is 0.909. The molecule has 0 aromatic rings. The molecule has 0 radical (unpaired) electrons. The number of sulfone groups is 1. The number of rotatable bonds is 3. The maximum atomic E-state index is 11.9. The molecule has 0 bridgehead atoms. The van der Waals surface area contributed by atoms with Crippen molar-refractivity contribution >= 4 is 15.9 Å². The first-order valence-electron chi connectivity index (χ1n) is 6.12. The summed E-state index contributed by atoms with van der Waals surface area (Å²) < 4.78 is 23.3. The third kappa shape index (κ3) is 2.91. The van der Waals surface area contributed by atoms with Gasteiger partial charge < -0.3 is 10.2 Å². The number of urea groups is 1. The minimum atomic E-state index is -3.06. The molecule has 2 aliphatic carbocycles. The molecule has 0 heterocycles. The van der Waals surface area contributed by atoms with E-state index >= 15 is 0 Å². The molecule has 5 nitrogen and oxygen atoms in total. The molecule has 17 heavy (non-hydrogen) atoms. The van der Waals surface area contributed by atoms with E-state index in [1.165, 1.54) is 6.26 Å². The first-order valence-corrected chi connectivity index (χ1v) is 8.07. The molecule has 0 saturated heterocycles. The van der Waals surface area contributed by atoms with Crippen molar-refractivity contribution in [3.63, 3.8) is 0 Å². The van der Waals surface area contributed by atoms with Crippen molar-refractivity contribution in [2.24, 2.45) is 0 Å². The molecular formula is C11H20N2O3S. The van der Waals surface area contributed by atoms with Crippen LogP contribution in [0.5, 0.6) is 0 Å². The van der Waals surface area contributed by atoms with E-state index in [1.807, 2.05) is 0 Å². The number of amides is 2. The van der Waals surface area contributed by atoms with E-state index in [2.05, 4.69) is 5.32 Å². The summed E-state index contributed by atoms with van der Waals surface area (Å²) in [6, 6.07) is 0.0137. The predicted molar refractivity (Wildman–Crippen MR) is 65.6 cm³/mol. The zero-order valence-corrected chi connectivity index (χ0v) is 11.2. The Morgan fingerprint density at radius 1 is 1.24 bits per heavy atom. The lowest BCUT2D eigenvalue weighted by Crippen LogP contribution is -2.49. The third-order valence-electron chi connectivity index (χ3n) is 3.69. The molecule has 0 spiro atoms. The van der Waals surface area contributed by atoms with E-state index in [0.29, 0.717) is 12.5 Å². The summed E-state index contributed by atoms with van der Waals surface area (Å²) >= 11 is 0. The van der Waals surface area contributed by atoms with Gasteiger partial charge in [0.15, 0.2) is 9.84 Å². The lowest BCUT2D eigenvalue weighted by molar-refractivity contribution is 0.191. The van der Waals surface area contributed by atoms with Crippen LogP contribution < -0.4 is 5.32 Å². The maximum Gasteiger partial charge on any atom is 0.317 e. The van der Waals surface area contributed by atoms with Gasteiger partial charge in [0, 0.05) is 25.4 Å². The Morgan fingerprint density at radius 2 is 1.88 bits per heavy atom. The summed E-state index contributed by atoms with van der Waals surface area (Å²) in [6.07, 6.45) is 5.68. The zero-order valence-electron chi connectivity index (χ0n) is 10.3. The van der Waals surface area contributed by atoms with Crippen LogP contribution in [-0.4, -0.2) is 50.0 Å². The van der Waals surface area contributed by atoms with Crippen LogP contribution in [0.15, 0.2) is 0 Å². The van der Waals surface area contributed by atoms with Crippen molar-refractivity contribution < 1.29 is 13.2 Å². The van der Waals surface area contributed by atoms with Crippen molar-refractivity contribution in [3.05, 3.63) is 0 Å². The summed E-state index contributed by atoms with van der Waals surface area (Å²) in [5, 5.41) is 2.50. The average molecular weight is 260 g/mol. The van der Waals surface area contributed by atoms with Gasteiger partial charge >= 0.3 is 6.03 Å². The van der Waals surface area contributed by atoms with Gasteiger partial charge in [0.25, 0.3) is 0 Å². The molecule has 98 valence electrons. The molecule has 0 aliphatic heterocycles. The van der Waals surface area contributed by atoms with E-state index < -0.39 is 15.1 Å². The largest absolute Gasteiger partial charge is 0.335 e. The highest BCUT2D eigenvalue weighted by atomic mass is 32.2. The Morgan fingerprint density at radius 3 is 2.41 bits per heavy atom. The molecule has 2 atom stereocenters. The number of carbonyl (C=O) groups excluding carboxylic acids is 1. The lowest BCUT2D eigenvalue weighted by atomic mass is 10.2. The van der Waals surface area contributed by atoms with Gasteiger partial charge in [0.1, 0.15) is 0 Å². The molecule has 2 fully saturated rings. The minimum absolute atomic E-state index is 0.131. The Balaban J connectivity index is 2.01. The van der Waals surface area contributed by atoms with E-state index in [0.717, 1.165) is 25.7 Å². The third-order valence-corrected chi connectivity index (χ3v) is 5.34. The lowest BCUT2D eigenvalue weighted by Gasteiger charge is -2.29. The number of nitrogens with one attached hydrogen (secondary N) is 1. The van der Waals surface area contributed by atoms with Crippen LogP contribution in [-0.2, 0) is 9.84 Å². The summed E-state index contributed by atoms with van der Waals surface area (Å²) in [5.74, 6) is 0. The van der Waals surface area contributed by atoms with Gasteiger partial charge in [-0.2, -0.15) is 0 Å². The molecule has 2 aliphatic rings. The van der Waals surface area contributed by atoms with Gasteiger partial charge in [-0.15, -0.1) is 0 Å². The molecular weight excluding hydrogens is 240 g/mol. The Bertz CT molecular complexity index is 403. The van der Waals surface area contributed by atoms with E-state index in [-0.39, 0.29) is 12.1 Å². The highest BCUT2D eigenvalue weighted by Crippen LogP contribution is 2.29. The molecule has 1 N–H and O–H groups in total. The van der Waals surface area contributed by atoms with E-state index in [9.17, 15) is 13.2 Å². The van der Waals surface area contributed by atoms with Crippen LogP contribution >= 0.6 is 0 Å². The second-order valence-electron chi connectivity index (χ2n) is 5.20. The van der Waals surface area contributed by atoms with Crippen LogP contribution in [0.2, 0.25) is 0 Å². The first-order chi connectivity index (χ1) is 7.89. The highest BCUT2D eigenvalue weighted by molar-refractivity contribution is 7.91. The predicted octanol–water partition coefficient (Wildman–Crippen LogP) is 0.756. The second-order valence-corrected chi connectivity index (χ2v) is 7.47. The van der Waals surface area contributed by atoms with Crippen LogP contribution in [0.3, 0.4) is 0 Å². The molecule has 2 saturated carbocycles. The van der Waals surface area contributed by atoms with Crippen LogP contribution in [0.1, 0.15) is 32.1 Å². The van der Waals surface area contributed by atoms with Crippen molar-refractivity contribution in [3.8, 4) is 0 Å². The smallest absolute Gasteiger partial charge is 0.317 e.